The summed E-state index contributed by atoms with van der Waals surface area (Å²) in [7, 11) is 0. The largest absolute Gasteiger partial charge is 0.325 e. The van der Waals surface area contributed by atoms with Crippen LogP contribution in [0.5, 0.6) is 0 Å². The Bertz CT molecular complexity index is 165. The molecule has 2 nitrogen and oxygen atoms in total. The van der Waals surface area contributed by atoms with E-state index in [1.54, 1.807) is 0 Å². The highest BCUT2D eigenvalue weighted by Gasteiger charge is 2.34. The molecule has 0 amide bonds. The molecule has 12 heavy (non-hydrogen) atoms. The highest BCUT2D eigenvalue weighted by atomic mass is 15.2. The summed E-state index contributed by atoms with van der Waals surface area (Å²) in [5.41, 5.74) is 6.28. The Labute approximate surface area is 75.1 Å². The molecule has 2 saturated heterocycles. The first-order valence-electron chi connectivity index (χ1n) is 5.20. The predicted molar refractivity (Wildman–Crippen MR) is 51.0 cm³/mol. The number of fused-ring (bicyclic) bond motifs is 1. The van der Waals surface area contributed by atoms with Gasteiger partial charge in [-0.3, -0.25) is 0 Å². The summed E-state index contributed by atoms with van der Waals surface area (Å²) in [6.45, 7) is 4.76. The third-order valence-electron chi connectivity index (χ3n) is 3.42. The molecule has 2 aliphatic heterocycles. The molecule has 0 aliphatic carbocycles. The summed E-state index contributed by atoms with van der Waals surface area (Å²) in [4.78, 5) is 2.64. The zero-order valence-electron chi connectivity index (χ0n) is 8.05. The maximum atomic E-state index is 6.16. The maximum absolute atomic E-state index is 6.16. The molecule has 2 aliphatic rings. The minimum absolute atomic E-state index is 0.124. The monoisotopic (exact) mass is 168 g/mol. The molecule has 2 atom stereocenters. The quantitative estimate of drug-likeness (QED) is 0.591. The van der Waals surface area contributed by atoms with Gasteiger partial charge in [-0.05, 0) is 39.2 Å². The fourth-order valence-corrected chi connectivity index (χ4v) is 2.62. The summed E-state index contributed by atoms with van der Waals surface area (Å²) in [5.74, 6) is 0. The number of rotatable bonds is 0. The smallest absolute Gasteiger partial charge is 0.0152 e. The fourth-order valence-electron chi connectivity index (χ4n) is 2.62. The molecule has 2 heteroatoms. The zero-order valence-corrected chi connectivity index (χ0v) is 8.05. The first-order chi connectivity index (χ1) is 5.67. The average Bonchev–Trinajstić information content (AvgIpc) is 2.02. The van der Waals surface area contributed by atoms with Gasteiger partial charge in [0.05, 0.1) is 0 Å². The molecular formula is C10H20N2. The van der Waals surface area contributed by atoms with Crippen LogP contribution in [0.15, 0.2) is 0 Å². The normalized spacial score (nSPS) is 44.0. The predicted octanol–water partition coefficient (Wildman–Crippen LogP) is 1.35. The summed E-state index contributed by atoms with van der Waals surface area (Å²) in [5, 5.41) is 0. The molecule has 0 aromatic rings. The van der Waals surface area contributed by atoms with E-state index >= 15 is 0 Å². The van der Waals surface area contributed by atoms with Crippen LogP contribution >= 0.6 is 0 Å². The van der Waals surface area contributed by atoms with Gasteiger partial charge in [-0.25, -0.2) is 0 Å². The van der Waals surface area contributed by atoms with E-state index < -0.39 is 0 Å². The van der Waals surface area contributed by atoms with Gasteiger partial charge in [0.25, 0.3) is 0 Å². The molecule has 0 saturated carbocycles. The van der Waals surface area contributed by atoms with Crippen LogP contribution in [0.2, 0.25) is 0 Å². The van der Waals surface area contributed by atoms with Gasteiger partial charge in [-0.2, -0.15) is 0 Å². The van der Waals surface area contributed by atoms with Crippen LogP contribution in [0.25, 0.3) is 0 Å². The van der Waals surface area contributed by atoms with Crippen molar-refractivity contribution in [1.29, 1.82) is 0 Å². The molecule has 2 rings (SSSR count). The summed E-state index contributed by atoms with van der Waals surface area (Å²) in [6.07, 6.45) is 6.60. The van der Waals surface area contributed by atoms with E-state index in [4.69, 9.17) is 5.73 Å². The number of piperidine rings is 2. The minimum Gasteiger partial charge on any atom is -0.325 e. The van der Waals surface area contributed by atoms with Gasteiger partial charge in [0.2, 0.25) is 0 Å². The van der Waals surface area contributed by atoms with Crippen molar-refractivity contribution in [1.82, 2.24) is 4.90 Å². The third kappa shape index (κ3) is 1.64. The zero-order chi connectivity index (χ0) is 8.60. The molecular weight excluding hydrogens is 148 g/mol. The van der Waals surface area contributed by atoms with Gasteiger partial charge in [0.15, 0.2) is 0 Å². The second kappa shape index (κ2) is 3.00. The van der Waals surface area contributed by atoms with Gasteiger partial charge in [-0.1, -0.05) is 6.42 Å². The van der Waals surface area contributed by atoms with Gasteiger partial charge < -0.3 is 10.6 Å². The van der Waals surface area contributed by atoms with E-state index in [1.165, 1.54) is 45.2 Å². The second-order valence-electron chi connectivity index (χ2n) is 4.79. The minimum atomic E-state index is 0.124. The van der Waals surface area contributed by atoms with E-state index in [1.807, 2.05) is 0 Å². The number of nitrogens with zero attached hydrogens (tertiary/aromatic N) is 1. The van der Waals surface area contributed by atoms with Gasteiger partial charge >= 0.3 is 0 Å². The standard InChI is InChI=1S/C10H20N2/c1-10(11)5-7-12-6-3-2-4-9(12)8-10/h9H,2-8,11H2,1H3. The Morgan fingerprint density at radius 1 is 1.33 bits per heavy atom. The highest BCUT2D eigenvalue weighted by Crippen LogP contribution is 2.30. The molecule has 0 bridgehead atoms. The van der Waals surface area contributed by atoms with E-state index in [0.29, 0.717) is 0 Å². The van der Waals surface area contributed by atoms with Crippen molar-refractivity contribution >= 4 is 0 Å². The van der Waals surface area contributed by atoms with Gasteiger partial charge in [0.1, 0.15) is 0 Å². The lowest BCUT2D eigenvalue weighted by atomic mass is 9.82. The van der Waals surface area contributed by atoms with Crippen molar-refractivity contribution in [3.8, 4) is 0 Å². The van der Waals surface area contributed by atoms with Crippen molar-refractivity contribution in [2.24, 2.45) is 5.73 Å². The molecule has 2 unspecified atom stereocenters. The molecule has 70 valence electrons. The van der Waals surface area contributed by atoms with E-state index in [-0.39, 0.29) is 5.54 Å². The topological polar surface area (TPSA) is 29.3 Å². The molecule has 2 N–H and O–H groups in total. The van der Waals surface area contributed by atoms with Crippen LogP contribution < -0.4 is 5.73 Å². The summed E-state index contributed by atoms with van der Waals surface area (Å²) < 4.78 is 0. The lowest BCUT2D eigenvalue weighted by Gasteiger charge is -2.45. The van der Waals surface area contributed by atoms with Crippen LogP contribution in [-0.4, -0.2) is 29.6 Å². The Kier molecular flexibility index (Phi) is 2.13. The molecule has 2 fully saturated rings. The van der Waals surface area contributed by atoms with E-state index in [9.17, 15) is 0 Å². The average molecular weight is 168 g/mol. The first kappa shape index (κ1) is 8.52. The van der Waals surface area contributed by atoms with Crippen molar-refractivity contribution in [3.63, 3.8) is 0 Å². The lowest BCUT2D eigenvalue weighted by molar-refractivity contribution is 0.0715. The van der Waals surface area contributed by atoms with Crippen LogP contribution in [-0.2, 0) is 0 Å². The van der Waals surface area contributed by atoms with Crippen molar-refractivity contribution < 1.29 is 0 Å². The van der Waals surface area contributed by atoms with Gasteiger partial charge in [-0.15, -0.1) is 0 Å². The fraction of sp³-hybridized carbons (Fsp3) is 1.00. The Morgan fingerprint density at radius 3 is 3.00 bits per heavy atom. The molecule has 2 heterocycles. The van der Waals surface area contributed by atoms with Crippen LogP contribution in [0.3, 0.4) is 0 Å². The van der Waals surface area contributed by atoms with Crippen LogP contribution in [0.4, 0.5) is 0 Å². The summed E-state index contributed by atoms with van der Waals surface area (Å²) >= 11 is 0. The Morgan fingerprint density at radius 2 is 2.17 bits per heavy atom. The van der Waals surface area contributed by atoms with Crippen LogP contribution in [0.1, 0.15) is 39.0 Å². The summed E-state index contributed by atoms with van der Waals surface area (Å²) in [6, 6.07) is 0.808. The van der Waals surface area contributed by atoms with Gasteiger partial charge in [0, 0.05) is 18.1 Å². The van der Waals surface area contributed by atoms with Crippen molar-refractivity contribution in [3.05, 3.63) is 0 Å². The Hall–Kier alpha value is -0.0800. The highest BCUT2D eigenvalue weighted by molar-refractivity contribution is 4.93. The Balaban J connectivity index is 1.99. The number of hydrogen-bond acceptors (Lipinski definition) is 2. The maximum Gasteiger partial charge on any atom is 0.0152 e. The third-order valence-corrected chi connectivity index (χ3v) is 3.42. The molecule has 0 spiro atoms. The van der Waals surface area contributed by atoms with E-state index in [2.05, 4.69) is 11.8 Å². The molecule has 0 aromatic heterocycles. The van der Waals surface area contributed by atoms with Crippen LogP contribution in [0, 0.1) is 0 Å². The van der Waals surface area contributed by atoms with Crippen molar-refractivity contribution in [2.75, 3.05) is 13.1 Å². The number of hydrogen-bond donors (Lipinski definition) is 1. The number of nitrogens with two attached hydrogens (primary N) is 1. The first-order valence-corrected chi connectivity index (χ1v) is 5.20. The molecule has 0 aromatic carbocycles. The SMILES string of the molecule is CC1(N)CCN2CCCCC2C1. The van der Waals surface area contributed by atoms with E-state index in [0.717, 1.165) is 6.04 Å². The van der Waals surface area contributed by atoms with Crippen molar-refractivity contribution in [2.45, 2.75) is 50.6 Å². The lowest BCUT2D eigenvalue weighted by Crippen LogP contribution is -2.54. The second-order valence-corrected chi connectivity index (χ2v) is 4.79. The molecule has 0 radical (unpaired) electrons.